The SMILES string of the molecule is CCC(OC(=O)CCc1nc2ccccc2c(=O)n1C1CC1)C(=O)Nc1ccc(F)cc1. The van der Waals surface area contributed by atoms with Crippen LogP contribution in [0.2, 0.25) is 0 Å². The summed E-state index contributed by atoms with van der Waals surface area (Å²) in [4.78, 5) is 42.4. The molecule has 1 aromatic heterocycles. The Hall–Kier alpha value is -3.55. The van der Waals surface area contributed by atoms with Crippen LogP contribution in [0.1, 0.15) is 44.5 Å². The van der Waals surface area contributed by atoms with Crippen LogP contribution >= 0.6 is 0 Å². The van der Waals surface area contributed by atoms with Crippen molar-refractivity contribution in [2.24, 2.45) is 0 Å². The first kappa shape index (κ1) is 21.7. The number of benzene rings is 2. The highest BCUT2D eigenvalue weighted by Crippen LogP contribution is 2.35. The molecule has 1 unspecified atom stereocenters. The van der Waals surface area contributed by atoms with E-state index in [2.05, 4.69) is 10.3 Å². The Morgan fingerprint density at radius 1 is 1.19 bits per heavy atom. The summed E-state index contributed by atoms with van der Waals surface area (Å²) in [6, 6.07) is 12.6. The van der Waals surface area contributed by atoms with Gasteiger partial charge in [-0.1, -0.05) is 19.1 Å². The van der Waals surface area contributed by atoms with E-state index in [1.807, 2.05) is 12.1 Å². The second-order valence-corrected chi connectivity index (χ2v) is 7.83. The molecule has 1 heterocycles. The molecule has 0 aliphatic heterocycles. The van der Waals surface area contributed by atoms with Crippen molar-refractivity contribution in [2.45, 2.75) is 51.2 Å². The summed E-state index contributed by atoms with van der Waals surface area (Å²) < 4.78 is 20.1. The van der Waals surface area contributed by atoms with Crippen molar-refractivity contribution in [1.29, 1.82) is 0 Å². The lowest BCUT2D eigenvalue weighted by Crippen LogP contribution is -2.32. The molecule has 8 heteroatoms. The van der Waals surface area contributed by atoms with E-state index in [1.165, 1.54) is 24.3 Å². The number of hydrogen-bond donors (Lipinski definition) is 1. The van der Waals surface area contributed by atoms with Gasteiger partial charge in [0.05, 0.1) is 17.3 Å². The van der Waals surface area contributed by atoms with Crippen LogP contribution in [0.3, 0.4) is 0 Å². The molecular formula is C24H24FN3O4. The molecule has 7 nitrogen and oxygen atoms in total. The fourth-order valence-electron chi connectivity index (χ4n) is 3.59. The number of carbonyl (C=O) groups is 2. The summed E-state index contributed by atoms with van der Waals surface area (Å²) in [5, 5.41) is 3.18. The van der Waals surface area contributed by atoms with Crippen LogP contribution in [0.4, 0.5) is 10.1 Å². The molecule has 1 fully saturated rings. The number of esters is 1. The second-order valence-electron chi connectivity index (χ2n) is 7.83. The third-order valence-corrected chi connectivity index (χ3v) is 5.39. The minimum atomic E-state index is -0.970. The molecule has 0 radical (unpaired) electrons. The van der Waals surface area contributed by atoms with E-state index in [4.69, 9.17) is 4.74 Å². The maximum Gasteiger partial charge on any atom is 0.307 e. The zero-order valence-corrected chi connectivity index (χ0v) is 17.7. The average molecular weight is 437 g/mol. The van der Waals surface area contributed by atoms with Crippen molar-refractivity contribution < 1.29 is 18.7 Å². The standard InChI is InChI=1S/C24H24FN3O4/c1-2-20(23(30)26-16-9-7-15(25)8-10-16)32-22(29)14-13-21-27-19-6-4-3-5-18(19)24(31)28(21)17-11-12-17/h3-10,17,20H,2,11-14H2,1H3,(H,26,30). The van der Waals surface area contributed by atoms with Gasteiger partial charge in [-0.05, 0) is 55.7 Å². The van der Waals surface area contributed by atoms with Crippen molar-refractivity contribution in [3.63, 3.8) is 0 Å². The van der Waals surface area contributed by atoms with Crippen LogP contribution in [0.25, 0.3) is 10.9 Å². The minimum Gasteiger partial charge on any atom is -0.452 e. The number of carbonyl (C=O) groups excluding carboxylic acids is 2. The van der Waals surface area contributed by atoms with Gasteiger partial charge in [-0.25, -0.2) is 9.37 Å². The first-order chi connectivity index (χ1) is 15.5. The number of para-hydroxylation sites is 1. The fourth-order valence-corrected chi connectivity index (χ4v) is 3.59. The van der Waals surface area contributed by atoms with Crippen molar-refractivity contribution in [3.8, 4) is 0 Å². The second kappa shape index (κ2) is 9.30. The van der Waals surface area contributed by atoms with Gasteiger partial charge in [0, 0.05) is 18.2 Å². The maximum atomic E-state index is 13.0. The maximum absolute atomic E-state index is 13.0. The Kier molecular flexibility index (Phi) is 6.30. The Balaban J connectivity index is 1.42. The van der Waals surface area contributed by atoms with Gasteiger partial charge in [-0.2, -0.15) is 0 Å². The number of ether oxygens (including phenoxy) is 1. The zero-order valence-electron chi connectivity index (χ0n) is 17.7. The number of aromatic nitrogens is 2. The Morgan fingerprint density at radius 3 is 2.59 bits per heavy atom. The largest absolute Gasteiger partial charge is 0.452 e. The van der Waals surface area contributed by atoms with Crippen LogP contribution in [0.15, 0.2) is 53.3 Å². The molecule has 1 atom stereocenters. The Bertz CT molecular complexity index is 1200. The number of hydrogen-bond acceptors (Lipinski definition) is 5. The topological polar surface area (TPSA) is 90.3 Å². The van der Waals surface area contributed by atoms with E-state index >= 15 is 0 Å². The van der Waals surface area contributed by atoms with Crippen molar-refractivity contribution >= 4 is 28.5 Å². The minimum absolute atomic E-state index is 0.00215. The molecule has 0 saturated heterocycles. The van der Waals surface area contributed by atoms with Gasteiger partial charge in [0.1, 0.15) is 11.6 Å². The lowest BCUT2D eigenvalue weighted by Gasteiger charge is -2.17. The van der Waals surface area contributed by atoms with E-state index in [0.717, 1.165) is 12.8 Å². The van der Waals surface area contributed by atoms with Gasteiger partial charge < -0.3 is 10.1 Å². The van der Waals surface area contributed by atoms with E-state index in [9.17, 15) is 18.8 Å². The van der Waals surface area contributed by atoms with Gasteiger partial charge in [0.25, 0.3) is 11.5 Å². The van der Waals surface area contributed by atoms with Gasteiger partial charge >= 0.3 is 5.97 Å². The van der Waals surface area contributed by atoms with Gasteiger partial charge in [-0.3, -0.25) is 19.0 Å². The van der Waals surface area contributed by atoms with E-state index in [0.29, 0.717) is 28.8 Å². The molecule has 2 aromatic carbocycles. The highest BCUT2D eigenvalue weighted by Gasteiger charge is 2.29. The van der Waals surface area contributed by atoms with Crippen LogP contribution in [0.5, 0.6) is 0 Å². The number of amides is 1. The molecule has 1 amide bonds. The number of anilines is 1. The highest BCUT2D eigenvalue weighted by molar-refractivity contribution is 5.95. The summed E-state index contributed by atoms with van der Waals surface area (Å²) in [6.45, 7) is 1.73. The van der Waals surface area contributed by atoms with Crippen molar-refractivity contribution in [3.05, 3.63) is 70.5 Å². The lowest BCUT2D eigenvalue weighted by atomic mass is 10.2. The van der Waals surface area contributed by atoms with Gasteiger partial charge in [0.15, 0.2) is 6.10 Å². The highest BCUT2D eigenvalue weighted by atomic mass is 19.1. The predicted octanol–water partition coefficient (Wildman–Crippen LogP) is 3.76. The molecule has 1 aliphatic rings. The molecule has 0 bridgehead atoms. The van der Waals surface area contributed by atoms with E-state index in [1.54, 1.807) is 23.6 Å². The van der Waals surface area contributed by atoms with E-state index < -0.39 is 23.8 Å². The number of nitrogens with one attached hydrogen (secondary N) is 1. The molecule has 0 spiro atoms. The number of fused-ring (bicyclic) bond motifs is 1. The predicted molar refractivity (Wildman–Crippen MR) is 118 cm³/mol. The summed E-state index contributed by atoms with van der Waals surface area (Å²) in [6.07, 6.45) is 1.39. The number of halogens is 1. The zero-order chi connectivity index (χ0) is 22.7. The molecule has 166 valence electrons. The average Bonchev–Trinajstić information content (AvgIpc) is 3.62. The number of rotatable bonds is 8. The number of aryl methyl sites for hydroxylation is 1. The molecule has 3 aromatic rings. The van der Waals surface area contributed by atoms with Crippen LogP contribution < -0.4 is 10.9 Å². The molecule has 1 aliphatic carbocycles. The van der Waals surface area contributed by atoms with Gasteiger partial charge in [-0.15, -0.1) is 0 Å². The molecule has 1 N–H and O–H groups in total. The molecule has 1 saturated carbocycles. The monoisotopic (exact) mass is 437 g/mol. The van der Waals surface area contributed by atoms with Crippen molar-refractivity contribution in [1.82, 2.24) is 9.55 Å². The third kappa shape index (κ3) is 4.85. The van der Waals surface area contributed by atoms with Crippen LogP contribution in [0, 0.1) is 5.82 Å². The summed E-state index contributed by atoms with van der Waals surface area (Å²) in [5.41, 5.74) is 0.925. The first-order valence-corrected chi connectivity index (χ1v) is 10.7. The summed E-state index contributed by atoms with van der Waals surface area (Å²) >= 11 is 0. The van der Waals surface area contributed by atoms with Crippen molar-refractivity contribution in [2.75, 3.05) is 5.32 Å². The number of nitrogens with zero attached hydrogens (tertiary/aromatic N) is 2. The third-order valence-electron chi connectivity index (χ3n) is 5.39. The fraction of sp³-hybridized carbons (Fsp3) is 0.333. The smallest absolute Gasteiger partial charge is 0.307 e. The van der Waals surface area contributed by atoms with Gasteiger partial charge in [0.2, 0.25) is 0 Å². The quantitative estimate of drug-likeness (QED) is 0.542. The lowest BCUT2D eigenvalue weighted by molar-refractivity contribution is -0.154. The first-order valence-electron chi connectivity index (χ1n) is 10.7. The van der Waals surface area contributed by atoms with Crippen LogP contribution in [-0.4, -0.2) is 27.5 Å². The molecular weight excluding hydrogens is 413 g/mol. The van der Waals surface area contributed by atoms with E-state index in [-0.39, 0.29) is 24.4 Å². The summed E-state index contributed by atoms with van der Waals surface area (Å²) in [7, 11) is 0. The van der Waals surface area contributed by atoms with Crippen LogP contribution in [-0.2, 0) is 20.7 Å². The Morgan fingerprint density at radius 2 is 1.91 bits per heavy atom. The summed E-state index contributed by atoms with van der Waals surface area (Å²) in [5.74, 6) is -0.882. The molecule has 4 rings (SSSR count). The molecule has 32 heavy (non-hydrogen) atoms. The normalized spacial score (nSPS) is 14.2. The Labute approximate surface area is 184 Å².